The van der Waals surface area contributed by atoms with Crippen molar-refractivity contribution in [1.82, 2.24) is 0 Å². The maximum Gasteiger partial charge on any atom is 0.324 e. The summed E-state index contributed by atoms with van der Waals surface area (Å²) < 4.78 is 10.9. The van der Waals surface area contributed by atoms with E-state index in [1.54, 1.807) is 0 Å². The maximum atomic E-state index is 12.6. The minimum absolute atomic E-state index is 0.0253. The SMILES string of the molecule is O=C(OCc1ccccc1)C12CC3CC1C(OC2=O)C3Br. The van der Waals surface area contributed by atoms with Gasteiger partial charge in [0.2, 0.25) is 0 Å². The van der Waals surface area contributed by atoms with Gasteiger partial charge in [0.1, 0.15) is 12.7 Å². The van der Waals surface area contributed by atoms with Gasteiger partial charge in [-0.2, -0.15) is 0 Å². The molecule has 1 aromatic rings. The van der Waals surface area contributed by atoms with Crippen molar-refractivity contribution in [3.63, 3.8) is 0 Å². The maximum absolute atomic E-state index is 12.6. The van der Waals surface area contributed by atoms with E-state index in [2.05, 4.69) is 15.9 Å². The monoisotopic (exact) mass is 350 g/mol. The third-order valence-corrected chi connectivity index (χ3v) is 6.39. The van der Waals surface area contributed by atoms with Crippen LogP contribution in [0.4, 0.5) is 0 Å². The van der Waals surface area contributed by atoms with E-state index >= 15 is 0 Å². The average molecular weight is 351 g/mol. The number of hydrogen-bond donors (Lipinski definition) is 0. The van der Waals surface area contributed by atoms with Crippen LogP contribution in [0.25, 0.3) is 0 Å². The molecule has 1 aliphatic heterocycles. The van der Waals surface area contributed by atoms with Crippen molar-refractivity contribution in [2.45, 2.75) is 30.4 Å². The summed E-state index contributed by atoms with van der Waals surface area (Å²) in [6.45, 7) is 0.203. The van der Waals surface area contributed by atoms with E-state index < -0.39 is 11.4 Å². The van der Waals surface area contributed by atoms with Gasteiger partial charge in [0.25, 0.3) is 0 Å². The van der Waals surface area contributed by atoms with E-state index in [1.165, 1.54) is 0 Å². The van der Waals surface area contributed by atoms with Crippen LogP contribution in [-0.4, -0.2) is 22.9 Å². The van der Waals surface area contributed by atoms with E-state index in [4.69, 9.17) is 9.47 Å². The zero-order chi connectivity index (χ0) is 14.6. The summed E-state index contributed by atoms with van der Waals surface area (Å²) in [6, 6.07) is 9.50. The third-order valence-electron chi connectivity index (χ3n) is 5.12. The number of carbonyl (C=O) groups excluding carboxylic acids is 2. The number of rotatable bonds is 3. The largest absolute Gasteiger partial charge is 0.460 e. The second-order valence-electron chi connectivity index (χ2n) is 6.15. The predicted molar refractivity (Wildman–Crippen MR) is 77.5 cm³/mol. The number of benzene rings is 1. The molecule has 0 aromatic heterocycles. The van der Waals surface area contributed by atoms with Gasteiger partial charge in [0.15, 0.2) is 5.41 Å². The lowest BCUT2D eigenvalue weighted by atomic mass is 9.74. The Bertz CT molecular complexity index is 602. The Balaban J connectivity index is 1.54. The summed E-state index contributed by atoms with van der Waals surface area (Å²) in [5, 5.41) is 0. The summed E-state index contributed by atoms with van der Waals surface area (Å²) in [6.07, 6.45) is 1.25. The number of hydrogen-bond acceptors (Lipinski definition) is 4. The predicted octanol–water partition coefficient (Wildman–Crippen LogP) is 2.44. The number of alkyl halides is 1. The fourth-order valence-electron chi connectivity index (χ4n) is 4.10. The number of esters is 2. The first-order chi connectivity index (χ1) is 10.1. The lowest BCUT2D eigenvalue weighted by Crippen LogP contribution is -2.43. The smallest absolute Gasteiger partial charge is 0.324 e. The zero-order valence-electron chi connectivity index (χ0n) is 11.3. The van der Waals surface area contributed by atoms with Crippen LogP contribution < -0.4 is 0 Å². The van der Waals surface area contributed by atoms with E-state index in [1.807, 2.05) is 30.3 Å². The second kappa shape index (κ2) is 4.57. The van der Waals surface area contributed by atoms with Gasteiger partial charge in [0, 0.05) is 5.92 Å². The zero-order valence-corrected chi connectivity index (χ0v) is 12.9. The van der Waals surface area contributed by atoms with Crippen molar-refractivity contribution in [2.24, 2.45) is 17.3 Å². The van der Waals surface area contributed by atoms with Gasteiger partial charge in [-0.25, -0.2) is 0 Å². The van der Waals surface area contributed by atoms with Gasteiger partial charge in [-0.1, -0.05) is 46.3 Å². The molecule has 4 nitrogen and oxygen atoms in total. The molecule has 110 valence electrons. The first-order valence-electron chi connectivity index (χ1n) is 7.19. The molecule has 0 N–H and O–H groups in total. The van der Waals surface area contributed by atoms with Crippen molar-refractivity contribution in [3.8, 4) is 0 Å². The third kappa shape index (κ3) is 1.73. The highest BCUT2D eigenvalue weighted by Crippen LogP contribution is 2.63. The molecule has 1 saturated heterocycles. The van der Waals surface area contributed by atoms with Crippen LogP contribution in [0.3, 0.4) is 0 Å². The fraction of sp³-hybridized carbons (Fsp3) is 0.500. The second-order valence-corrected chi connectivity index (χ2v) is 7.21. The topological polar surface area (TPSA) is 52.6 Å². The van der Waals surface area contributed by atoms with E-state index in [0.29, 0.717) is 12.3 Å². The van der Waals surface area contributed by atoms with Crippen LogP contribution in [0.15, 0.2) is 30.3 Å². The number of halogens is 1. The van der Waals surface area contributed by atoms with Crippen LogP contribution in [0.2, 0.25) is 0 Å². The fourth-order valence-corrected chi connectivity index (χ4v) is 4.98. The van der Waals surface area contributed by atoms with E-state index in [0.717, 1.165) is 12.0 Å². The molecule has 3 fully saturated rings. The molecular formula is C16H15BrO4. The Hall–Kier alpha value is -1.36. The minimum Gasteiger partial charge on any atom is -0.460 e. The molecule has 2 aliphatic carbocycles. The molecule has 5 atom stereocenters. The van der Waals surface area contributed by atoms with Gasteiger partial charge >= 0.3 is 11.9 Å². The lowest BCUT2D eigenvalue weighted by molar-refractivity contribution is -0.166. The van der Waals surface area contributed by atoms with Gasteiger partial charge < -0.3 is 9.47 Å². The van der Waals surface area contributed by atoms with Gasteiger partial charge in [-0.05, 0) is 24.3 Å². The molecule has 1 aromatic carbocycles. The summed E-state index contributed by atoms with van der Waals surface area (Å²) in [7, 11) is 0. The van der Waals surface area contributed by atoms with Crippen molar-refractivity contribution < 1.29 is 19.1 Å². The molecule has 0 spiro atoms. The minimum atomic E-state index is -1.05. The Morgan fingerprint density at radius 2 is 2.14 bits per heavy atom. The number of carbonyl (C=O) groups is 2. The highest BCUT2D eigenvalue weighted by Gasteiger charge is 2.74. The molecule has 2 bridgehead atoms. The Morgan fingerprint density at radius 3 is 2.86 bits per heavy atom. The summed E-state index contributed by atoms with van der Waals surface area (Å²) in [5.41, 5.74) is -0.124. The molecule has 5 heteroatoms. The van der Waals surface area contributed by atoms with Crippen LogP contribution in [-0.2, 0) is 25.7 Å². The molecule has 0 amide bonds. The highest BCUT2D eigenvalue weighted by atomic mass is 79.9. The molecule has 3 aliphatic rings. The number of ether oxygens (including phenoxy) is 2. The first kappa shape index (κ1) is 13.3. The summed E-state index contributed by atoms with van der Waals surface area (Å²) in [5.74, 6) is -0.496. The standard InChI is InChI=1S/C16H15BrO4/c17-12-10-6-11-13(12)21-15(19)16(11,7-10)14(18)20-8-9-4-2-1-3-5-9/h1-5,10-13H,6-8H2. The number of fused-ring (bicyclic) bond motifs is 1. The molecule has 2 saturated carbocycles. The van der Waals surface area contributed by atoms with Gasteiger partial charge in [0.05, 0.1) is 4.83 Å². The van der Waals surface area contributed by atoms with Gasteiger partial charge in [-0.3, -0.25) is 9.59 Å². The summed E-state index contributed by atoms with van der Waals surface area (Å²) in [4.78, 5) is 25.0. The molecule has 5 unspecified atom stereocenters. The van der Waals surface area contributed by atoms with Crippen molar-refractivity contribution >= 4 is 27.9 Å². The molecule has 0 radical (unpaired) electrons. The normalized spacial score (nSPS) is 39.4. The molecule has 1 heterocycles. The quantitative estimate of drug-likeness (QED) is 0.477. The van der Waals surface area contributed by atoms with Crippen LogP contribution in [0, 0.1) is 17.3 Å². The van der Waals surface area contributed by atoms with Crippen LogP contribution >= 0.6 is 15.9 Å². The first-order valence-corrected chi connectivity index (χ1v) is 8.11. The van der Waals surface area contributed by atoms with Crippen molar-refractivity contribution in [3.05, 3.63) is 35.9 Å². The molecule has 4 rings (SSSR count). The Kier molecular flexibility index (Phi) is 2.89. The Morgan fingerprint density at radius 1 is 1.38 bits per heavy atom. The van der Waals surface area contributed by atoms with Gasteiger partial charge in [-0.15, -0.1) is 0 Å². The average Bonchev–Trinajstić information content (AvgIpc) is 3.09. The molecular weight excluding hydrogens is 336 g/mol. The Labute approximate surface area is 130 Å². The van der Waals surface area contributed by atoms with Crippen LogP contribution in [0.1, 0.15) is 18.4 Å². The molecule has 21 heavy (non-hydrogen) atoms. The van der Waals surface area contributed by atoms with Crippen LogP contribution in [0.5, 0.6) is 0 Å². The summed E-state index contributed by atoms with van der Waals surface area (Å²) >= 11 is 3.60. The lowest BCUT2D eigenvalue weighted by Gasteiger charge is -2.27. The highest BCUT2D eigenvalue weighted by molar-refractivity contribution is 9.09. The van der Waals surface area contributed by atoms with Crippen molar-refractivity contribution in [1.29, 1.82) is 0 Å². The van der Waals surface area contributed by atoms with E-state index in [-0.39, 0.29) is 29.4 Å². The van der Waals surface area contributed by atoms with Crippen molar-refractivity contribution in [2.75, 3.05) is 0 Å². The van der Waals surface area contributed by atoms with E-state index in [9.17, 15) is 9.59 Å².